The second-order valence-corrected chi connectivity index (χ2v) is 9.03. The van der Waals surface area contributed by atoms with Gasteiger partial charge in [-0.05, 0) is 47.0 Å². The molecule has 0 spiro atoms. The van der Waals surface area contributed by atoms with Gasteiger partial charge in [-0.15, -0.1) is 0 Å². The molecule has 1 heterocycles. The van der Waals surface area contributed by atoms with E-state index in [2.05, 4.69) is 45.5 Å². The average Bonchev–Trinajstić information content (AvgIpc) is 3.00. The molecule has 0 saturated carbocycles. The van der Waals surface area contributed by atoms with Crippen LogP contribution in [0.3, 0.4) is 0 Å². The zero-order valence-corrected chi connectivity index (χ0v) is 18.6. The summed E-state index contributed by atoms with van der Waals surface area (Å²) in [5.41, 5.74) is 4.23. The maximum Gasteiger partial charge on any atom is 0.267 e. The summed E-state index contributed by atoms with van der Waals surface area (Å²) in [5.74, 6) is -0.0756. The van der Waals surface area contributed by atoms with E-state index in [0.29, 0.717) is 15.9 Å². The van der Waals surface area contributed by atoms with E-state index in [0.717, 1.165) is 21.3 Å². The standard InChI is InChI=1S/C23H17BrN2OS2/c24-19-8-4-5-16(13-19)14-21-22(27)26(23(28)29-21)15-25-20-11-9-18(10-12-20)17-6-2-1-3-7-17/h1-14,25H,15H2. The van der Waals surface area contributed by atoms with Crippen LogP contribution in [-0.4, -0.2) is 21.8 Å². The SMILES string of the molecule is O=C1C(=Cc2cccc(Br)c2)SC(=S)N1CNc1ccc(-c2ccccc2)cc1. The van der Waals surface area contributed by atoms with Crippen molar-refractivity contribution in [3.63, 3.8) is 0 Å². The highest BCUT2D eigenvalue weighted by Gasteiger charge is 2.31. The zero-order valence-electron chi connectivity index (χ0n) is 15.3. The third-order valence-electron chi connectivity index (χ3n) is 4.45. The quantitative estimate of drug-likeness (QED) is 0.338. The topological polar surface area (TPSA) is 32.3 Å². The van der Waals surface area contributed by atoms with Crippen LogP contribution in [0.5, 0.6) is 0 Å². The smallest absolute Gasteiger partial charge is 0.267 e. The lowest BCUT2D eigenvalue weighted by Crippen LogP contribution is -2.33. The summed E-state index contributed by atoms with van der Waals surface area (Å²) in [5, 5.41) is 3.29. The highest BCUT2D eigenvalue weighted by atomic mass is 79.9. The van der Waals surface area contributed by atoms with Gasteiger partial charge >= 0.3 is 0 Å². The van der Waals surface area contributed by atoms with E-state index >= 15 is 0 Å². The monoisotopic (exact) mass is 480 g/mol. The number of halogens is 1. The summed E-state index contributed by atoms with van der Waals surface area (Å²) in [6.45, 7) is 0.338. The fourth-order valence-electron chi connectivity index (χ4n) is 2.97. The number of nitrogens with zero attached hydrogens (tertiary/aromatic N) is 1. The van der Waals surface area contributed by atoms with Gasteiger partial charge in [0.1, 0.15) is 4.32 Å². The molecule has 3 nitrogen and oxygen atoms in total. The van der Waals surface area contributed by atoms with E-state index in [1.807, 2.05) is 60.7 Å². The molecule has 1 saturated heterocycles. The van der Waals surface area contributed by atoms with Gasteiger partial charge in [0.05, 0.1) is 11.6 Å². The van der Waals surface area contributed by atoms with Gasteiger partial charge in [0.15, 0.2) is 0 Å². The van der Waals surface area contributed by atoms with Crippen molar-refractivity contribution in [2.45, 2.75) is 0 Å². The van der Waals surface area contributed by atoms with Crippen LogP contribution in [0, 0.1) is 0 Å². The van der Waals surface area contributed by atoms with Crippen molar-refractivity contribution in [3.05, 3.63) is 93.8 Å². The summed E-state index contributed by atoms with van der Waals surface area (Å²) >= 11 is 10.2. The number of hydrogen-bond donors (Lipinski definition) is 1. The maximum absolute atomic E-state index is 12.8. The molecule has 3 aromatic carbocycles. The number of carbonyl (C=O) groups excluding carboxylic acids is 1. The van der Waals surface area contributed by atoms with E-state index in [-0.39, 0.29) is 5.91 Å². The molecular weight excluding hydrogens is 464 g/mol. The first-order valence-corrected chi connectivity index (χ1v) is 11.0. The number of amides is 1. The molecule has 0 unspecified atom stereocenters. The Morgan fingerprint density at radius 2 is 1.69 bits per heavy atom. The van der Waals surface area contributed by atoms with E-state index in [4.69, 9.17) is 12.2 Å². The number of anilines is 1. The van der Waals surface area contributed by atoms with Gasteiger partial charge in [-0.1, -0.05) is 94.5 Å². The van der Waals surface area contributed by atoms with Crippen LogP contribution >= 0.6 is 39.9 Å². The first-order valence-electron chi connectivity index (χ1n) is 9.00. The third kappa shape index (κ3) is 4.78. The molecule has 0 aliphatic carbocycles. The lowest BCUT2D eigenvalue weighted by atomic mass is 10.1. The molecule has 0 radical (unpaired) electrons. The minimum absolute atomic E-state index is 0.0756. The zero-order chi connectivity index (χ0) is 20.2. The largest absolute Gasteiger partial charge is 0.367 e. The summed E-state index contributed by atoms with van der Waals surface area (Å²) in [6, 6.07) is 26.2. The summed E-state index contributed by atoms with van der Waals surface area (Å²) < 4.78 is 1.53. The molecule has 4 rings (SSSR count). The molecule has 1 amide bonds. The van der Waals surface area contributed by atoms with E-state index in [1.54, 1.807) is 4.90 Å². The lowest BCUT2D eigenvalue weighted by Gasteiger charge is -2.16. The van der Waals surface area contributed by atoms with Crippen LogP contribution in [0.2, 0.25) is 0 Å². The summed E-state index contributed by atoms with van der Waals surface area (Å²) in [4.78, 5) is 15.0. The number of thioether (sulfide) groups is 1. The van der Waals surface area contributed by atoms with Crippen molar-refractivity contribution in [1.82, 2.24) is 4.90 Å². The number of hydrogen-bond acceptors (Lipinski definition) is 4. The normalized spacial score (nSPS) is 15.2. The van der Waals surface area contributed by atoms with Crippen LogP contribution in [0.4, 0.5) is 5.69 Å². The van der Waals surface area contributed by atoms with Crippen molar-refractivity contribution in [1.29, 1.82) is 0 Å². The van der Waals surface area contributed by atoms with Gasteiger partial charge in [0.25, 0.3) is 5.91 Å². The number of benzene rings is 3. The molecular formula is C23H17BrN2OS2. The molecule has 0 atom stereocenters. The first kappa shape index (κ1) is 19.9. The van der Waals surface area contributed by atoms with Crippen LogP contribution in [0.1, 0.15) is 5.56 Å². The number of rotatable bonds is 5. The molecule has 0 aromatic heterocycles. The van der Waals surface area contributed by atoms with Crippen molar-refractivity contribution >= 4 is 61.9 Å². The van der Waals surface area contributed by atoms with Gasteiger partial charge in [-0.3, -0.25) is 9.69 Å². The average molecular weight is 481 g/mol. The highest BCUT2D eigenvalue weighted by Crippen LogP contribution is 2.33. The van der Waals surface area contributed by atoms with Crippen LogP contribution in [-0.2, 0) is 4.79 Å². The fourth-order valence-corrected chi connectivity index (χ4v) is 4.64. The Hall–Kier alpha value is -2.41. The second kappa shape index (κ2) is 8.95. The Labute approximate surface area is 187 Å². The first-order chi connectivity index (χ1) is 14.1. The van der Waals surface area contributed by atoms with E-state index in [9.17, 15) is 4.79 Å². The Morgan fingerprint density at radius 3 is 2.41 bits per heavy atom. The lowest BCUT2D eigenvalue weighted by molar-refractivity contribution is -0.121. The molecule has 3 aromatic rings. The molecule has 6 heteroatoms. The molecule has 1 fully saturated rings. The molecule has 0 bridgehead atoms. The Morgan fingerprint density at radius 1 is 0.966 bits per heavy atom. The molecule has 144 valence electrons. The van der Waals surface area contributed by atoms with Crippen molar-refractivity contribution in [2.75, 3.05) is 12.0 Å². The molecule has 1 aliphatic rings. The predicted molar refractivity (Wildman–Crippen MR) is 130 cm³/mol. The fraction of sp³-hybridized carbons (Fsp3) is 0.0435. The summed E-state index contributed by atoms with van der Waals surface area (Å²) in [7, 11) is 0. The highest BCUT2D eigenvalue weighted by molar-refractivity contribution is 9.10. The molecule has 1 aliphatic heterocycles. The van der Waals surface area contributed by atoms with Gasteiger partial charge in [0, 0.05) is 10.2 Å². The molecule has 29 heavy (non-hydrogen) atoms. The van der Waals surface area contributed by atoms with Crippen LogP contribution < -0.4 is 5.32 Å². The van der Waals surface area contributed by atoms with Crippen molar-refractivity contribution in [2.24, 2.45) is 0 Å². The second-order valence-electron chi connectivity index (χ2n) is 6.44. The summed E-state index contributed by atoms with van der Waals surface area (Å²) in [6.07, 6.45) is 1.87. The van der Waals surface area contributed by atoms with Crippen LogP contribution in [0.25, 0.3) is 17.2 Å². The predicted octanol–water partition coefficient (Wildman–Crippen LogP) is 6.39. The van der Waals surface area contributed by atoms with Gasteiger partial charge in [-0.25, -0.2) is 0 Å². The number of nitrogens with one attached hydrogen (secondary N) is 1. The van der Waals surface area contributed by atoms with Gasteiger partial charge < -0.3 is 5.32 Å². The number of thiocarbonyl (C=S) groups is 1. The minimum atomic E-state index is -0.0756. The maximum atomic E-state index is 12.8. The Balaban J connectivity index is 1.42. The Kier molecular flexibility index (Phi) is 6.13. The van der Waals surface area contributed by atoms with Crippen molar-refractivity contribution in [3.8, 4) is 11.1 Å². The third-order valence-corrected chi connectivity index (χ3v) is 6.32. The van der Waals surface area contributed by atoms with E-state index in [1.165, 1.54) is 17.3 Å². The molecule has 1 N–H and O–H groups in total. The van der Waals surface area contributed by atoms with Gasteiger partial charge in [-0.2, -0.15) is 0 Å². The number of carbonyl (C=O) groups is 1. The van der Waals surface area contributed by atoms with Crippen LogP contribution in [0.15, 0.2) is 88.2 Å². The Bertz CT molecular complexity index is 1080. The van der Waals surface area contributed by atoms with E-state index < -0.39 is 0 Å². The van der Waals surface area contributed by atoms with Crippen molar-refractivity contribution < 1.29 is 4.79 Å². The minimum Gasteiger partial charge on any atom is -0.367 e. The van der Waals surface area contributed by atoms with Gasteiger partial charge in [0.2, 0.25) is 0 Å².